The Bertz CT molecular complexity index is 173. The Labute approximate surface area is 51.9 Å². The van der Waals surface area contributed by atoms with Gasteiger partial charge in [0.1, 0.15) is 12.4 Å². The van der Waals surface area contributed by atoms with Gasteiger partial charge in [0.25, 0.3) is 0 Å². The van der Waals surface area contributed by atoms with Crippen LogP contribution in [0.5, 0.6) is 0 Å². The summed E-state index contributed by atoms with van der Waals surface area (Å²) in [6, 6.07) is 0. The Kier molecular flexibility index (Phi) is 1.32. The highest BCUT2D eigenvalue weighted by Gasteiger charge is 2.11. The van der Waals surface area contributed by atoms with E-state index >= 15 is 0 Å². The molecule has 0 aliphatic carbocycles. The molecule has 1 heterocycles. The van der Waals surface area contributed by atoms with Crippen LogP contribution in [0.1, 0.15) is 0 Å². The molecule has 9 heavy (non-hydrogen) atoms. The molecular formula is C5H7NO3. The third-order valence-electron chi connectivity index (χ3n) is 0.941. The molecular weight excluding hydrogens is 122 g/mol. The van der Waals surface area contributed by atoms with E-state index in [0.29, 0.717) is 0 Å². The predicted octanol–water partition coefficient (Wildman–Crippen LogP) is -0.423. The highest BCUT2D eigenvalue weighted by molar-refractivity contribution is 5.12. The molecule has 1 atom stereocenters. The molecule has 1 aliphatic heterocycles. The van der Waals surface area contributed by atoms with Crippen molar-refractivity contribution in [2.75, 3.05) is 0 Å². The maximum absolute atomic E-state index is 8.79. The van der Waals surface area contributed by atoms with Gasteiger partial charge in [-0.05, 0) is 0 Å². The van der Waals surface area contributed by atoms with Crippen molar-refractivity contribution < 1.29 is 14.9 Å². The molecule has 50 valence electrons. The predicted molar refractivity (Wildman–Crippen MR) is 30.1 cm³/mol. The Morgan fingerprint density at radius 1 is 1.67 bits per heavy atom. The molecule has 0 aromatic heterocycles. The average Bonchev–Trinajstić information content (AvgIpc) is 1.80. The van der Waals surface area contributed by atoms with Crippen LogP contribution in [0, 0.1) is 0 Å². The van der Waals surface area contributed by atoms with Gasteiger partial charge in [-0.25, -0.2) is 0 Å². The fraction of sp³-hybridized carbons (Fsp3) is 0.200. The Hall–Kier alpha value is -1.16. The lowest BCUT2D eigenvalue weighted by Gasteiger charge is -2.11. The molecule has 4 N–H and O–H groups in total. The summed E-state index contributed by atoms with van der Waals surface area (Å²) in [7, 11) is 0. The van der Waals surface area contributed by atoms with Crippen molar-refractivity contribution >= 4 is 0 Å². The molecule has 4 heteroatoms. The van der Waals surface area contributed by atoms with Gasteiger partial charge in [-0.3, -0.25) is 0 Å². The number of hydrogen-bond acceptors (Lipinski definition) is 4. The topological polar surface area (TPSA) is 75.7 Å². The fourth-order valence-corrected chi connectivity index (χ4v) is 0.478. The third kappa shape index (κ3) is 1.14. The summed E-state index contributed by atoms with van der Waals surface area (Å²) in [5.41, 5.74) is 5.11. The van der Waals surface area contributed by atoms with Crippen LogP contribution in [0.2, 0.25) is 0 Å². The average molecular weight is 129 g/mol. The Balaban J connectivity index is 2.70. The van der Waals surface area contributed by atoms with E-state index in [-0.39, 0.29) is 11.6 Å². The highest BCUT2D eigenvalue weighted by Crippen LogP contribution is 2.08. The maximum atomic E-state index is 8.79. The first-order chi connectivity index (χ1) is 4.20. The molecule has 0 amide bonds. The van der Waals surface area contributed by atoms with Gasteiger partial charge in [-0.15, -0.1) is 0 Å². The minimum Gasteiger partial charge on any atom is -0.506 e. The normalized spacial score (nSPS) is 26.1. The summed E-state index contributed by atoms with van der Waals surface area (Å²) >= 11 is 0. The zero-order chi connectivity index (χ0) is 6.85. The van der Waals surface area contributed by atoms with Crippen molar-refractivity contribution in [2.45, 2.75) is 6.10 Å². The molecule has 0 spiro atoms. The quantitative estimate of drug-likeness (QED) is 0.415. The van der Waals surface area contributed by atoms with Crippen LogP contribution in [0.4, 0.5) is 0 Å². The summed E-state index contributed by atoms with van der Waals surface area (Å²) in [6.07, 6.45) is 1.19. The van der Waals surface area contributed by atoms with Crippen LogP contribution in [-0.4, -0.2) is 16.3 Å². The smallest absolute Gasteiger partial charge is 0.189 e. The summed E-state index contributed by atoms with van der Waals surface area (Å²) in [4.78, 5) is 0. The van der Waals surface area contributed by atoms with Gasteiger partial charge >= 0.3 is 0 Å². The molecule has 0 saturated carbocycles. The van der Waals surface area contributed by atoms with Crippen molar-refractivity contribution in [3.63, 3.8) is 0 Å². The highest BCUT2D eigenvalue weighted by atomic mass is 16.5. The van der Waals surface area contributed by atoms with Crippen molar-refractivity contribution in [2.24, 2.45) is 5.73 Å². The molecule has 1 aliphatic rings. The first-order valence-corrected chi connectivity index (χ1v) is 2.41. The van der Waals surface area contributed by atoms with E-state index in [1.54, 1.807) is 0 Å². The van der Waals surface area contributed by atoms with Gasteiger partial charge in [0.2, 0.25) is 0 Å². The summed E-state index contributed by atoms with van der Waals surface area (Å²) in [5.74, 6) is -0.135. The molecule has 0 aromatic rings. The molecule has 0 aromatic carbocycles. The SMILES string of the molecule is NC1=CC(O)C(O)=CO1. The molecule has 1 rings (SSSR count). The summed E-state index contributed by atoms with van der Waals surface area (Å²) in [5, 5.41) is 17.5. The first-order valence-electron chi connectivity index (χ1n) is 2.41. The molecule has 0 fully saturated rings. The van der Waals surface area contributed by atoms with Crippen molar-refractivity contribution in [1.29, 1.82) is 0 Å². The number of nitrogens with two attached hydrogens (primary N) is 1. The van der Waals surface area contributed by atoms with Gasteiger partial charge < -0.3 is 20.7 Å². The van der Waals surface area contributed by atoms with Crippen LogP contribution in [0.15, 0.2) is 24.0 Å². The second kappa shape index (κ2) is 1.99. The van der Waals surface area contributed by atoms with E-state index in [2.05, 4.69) is 4.74 Å². The third-order valence-corrected chi connectivity index (χ3v) is 0.941. The van der Waals surface area contributed by atoms with Crippen LogP contribution >= 0.6 is 0 Å². The van der Waals surface area contributed by atoms with Gasteiger partial charge in [0.15, 0.2) is 11.6 Å². The van der Waals surface area contributed by atoms with Crippen molar-refractivity contribution in [3.05, 3.63) is 24.0 Å². The van der Waals surface area contributed by atoms with E-state index in [1.807, 2.05) is 0 Å². The van der Waals surface area contributed by atoms with Gasteiger partial charge in [0, 0.05) is 6.08 Å². The lowest BCUT2D eigenvalue weighted by molar-refractivity contribution is 0.158. The van der Waals surface area contributed by atoms with E-state index in [1.165, 1.54) is 6.08 Å². The lowest BCUT2D eigenvalue weighted by Crippen LogP contribution is -2.15. The van der Waals surface area contributed by atoms with E-state index in [0.717, 1.165) is 6.26 Å². The van der Waals surface area contributed by atoms with Crippen molar-refractivity contribution in [1.82, 2.24) is 0 Å². The van der Waals surface area contributed by atoms with Gasteiger partial charge in [-0.2, -0.15) is 0 Å². The number of aliphatic hydroxyl groups is 2. The number of aliphatic hydroxyl groups excluding tert-OH is 2. The Morgan fingerprint density at radius 2 is 2.33 bits per heavy atom. The number of ether oxygens (including phenoxy) is 1. The second-order valence-electron chi connectivity index (χ2n) is 1.67. The minimum atomic E-state index is -1.02. The lowest BCUT2D eigenvalue weighted by atomic mass is 10.3. The van der Waals surface area contributed by atoms with Crippen LogP contribution in [0.25, 0.3) is 0 Å². The maximum Gasteiger partial charge on any atom is 0.189 e. The largest absolute Gasteiger partial charge is 0.506 e. The molecule has 1 unspecified atom stereocenters. The van der Waals surface area contributed by atoms with E-state index < -0.39 is 6.10 Å². The van der Waals surface area contributed by atoms with E-state index in [9.17, 15) is 0 Å². The van der Waals surface area contributed by atoms with Crippen LogP contribution < -0.4 is 5.73 Å². The zero-order valence-electron chi connectivity index (χ0n) is 4.61. The van der Waals surface area contributed by atoms with Crippen molar-refractivity contribution in [3.8, 4) is 0 Å². The molecule has 4 nitrogen and oxygen atoms in total. The second-order valence-corrected chi connectivity index (χ2v) is 1.67. The Morgan fingerprint density at radius 3 is 2.78 bits per heavy atom. The van der Waals surface area contributed by atoms with Gasteiger partial charge in [-0.1, -0.05) is 0 Å². The minimum absolute atomic E-state index is 0.0975. The fourth-order valence-electron chi connectivity index (χ4n) is 0.478. The summed E-state index contributed by atoms with van der Waals surface area (Å²) in [6.45, 7) is 0. The van der Waals surface area contributed by atoms with Gasteiger partial charge in [0.05, 0.1) is 0 Å². The zero-order valence-corrected chi connectivity index (χ0v) is 4.61. The van der Waals surface area contributed by atoms with E-state index in [4.69, 9.17) is 15.9 Å². The standard InChI is InChI=1S/C5H7NO3/c6-5-1-3(7)4(8)2-9-5/h1-3,7-8H,6H2. The summed E-state index contributed by atoms with van der Waals surface area (Å²) < 4.78 is 4.53. The number of hydrogen-bond donors (Lipinski definition) is 3. The first kappa shape index (κ1) is 5.97. The van der Waals surface area contributed by atoms with Crippen LogP contribution in [-0.2, 0) is 4.74 Å². The molecule has 0 saturated heterocycles. The molecule has 0 bridgehead atoms. The molecule has 0 radical (unpaired) electrons. The van der Waals surface area contributed by atoms with Crippen LogP contribution in [0.3, 0.4) is 0 Å². The monoisotopic (exact) mass is 129 g/mol. The number of rotatable bonds is 0.